The molecular formula is C19H27FN2O3. The van der Waals surface area contributed by atoms with E-state index in [9.17, 15) is 14.0 Å². The molecule has 1 fully saturated rings. The monoisotopic (exact) mass is 350 g/mol. The molecule has 2 rings (SSSR count). The lowest BCUT2D eigenvalue weighted by molar-refractivity contribution is -0.146. The standard InChI is InChI=1S/C19H27FN2O3/c1-14(23)25-13-18(24)21-17-7-9-19(10-8-17,22(2)3)12-15-5-4-6-16(20)11-15/h4-6,11,17H,7-10,12-13H2,1-3H3,(H,21,24). The molecule has 0 atom stereocenters. The number of halogens is 1. The van der Waals surface area contributed by atoms with Gasteiger partial charge in [0.15, 0.2) is 6.61 Å². The molecule has 1 aromatic carbocycles. The van der Waals surface area contributed by atoms with Gasteiger partial charge in [0.1, 0.15) is 5.82 Å². The van der Waals surface area contributed by atoms with Gasteiger partial charge < -0.3 is 15.0 Å². The van der Waals surface area contributed by atoms with Gasteiger partial charge in [-0.1, -0.05) is 12.1 Å². The molecule has 0 saturated heterocycles. The quantitative estimate of drug-likeness (QED) is 0.800. The molecule has 5 nitrogen and oxygen atoms in total. The molecular weight excluding hydrogens is 323 g/mol. The largest absolute Gasteiger partial charge is 0.456 e. The number of esters is 1. The zero-order valence-corrected chi connectivity index (χ0v) is 15.2. The average molecular weight is 350 g/mol. The van der Waals surface area contributed by atoms with Crippen molar-refractivity contribution < 1.29 is 18.7 Å². The van der Waals surface area contributed by atoms with E-state index in [-0.39, 0.29) is 29.9 Å². The number of hydrogen-bond acceptors (Lipinski definition) is 4. The van der Waals surface area contributed by atoms with E-state index < -0.39 is 5.97 Å². The van der Waals surface area contributed by atoms with Gasteiger partial charge in [0.25, 0.3) is 5.91 Å². The number of carbonyl (C=O) groups is 2. The first-order valence-corrected chi connectivity index (χ1v) is 8.65. The van der Waals surface area contributed by atoms with Crippen molar-refractivity contribution in [1.82, 2.24) is 10.2 Å². The van der Waals surface area contributed by atoms with E-state index in [0.717, 1.165) is 37.7 Å². The predicted octanol–water partition coefficient (Wildman–Crippen LogP) is 2.29. The summed E-state index contributed by atoms with van der Waals surface area (Å²) in [7, 11) is 4.11. The topological polar surface area (TPSA) is 58.6 Å². The third-order valence-electron chi connectivity index (χ3n) is 5.06. The fraction of sp³-hybridized carbons (Fsp3) is 0.579. The third-order valence-corrected chi connectivity index (χ3v) is 5.06. The van der Waals surface area contributed by atoms with Crippen molar-refractivity contribution >= 4 is 11.9 Å². The van der Waals surface area contributed by atoms with Crippen molar-refractivity contribution in [3.63, 3.8) is 0 Å². The van der Waals surface area contributed by atoms with Crippen molar-refractivity contribution in [3.8, 4) is 0 Å². The molecule has 1 saturated carbocycles. The van der Waals surface area contributed by atoms with E-state index >= 15 is 0 Å². The molecule has 138 valence electrons. The Morgan fingerprint density at radius 1 is 1.32 bits per heavy atom. The summed E-state index contributed by atoms with van der Waals surface area (Å²) in [4.78, 5) is 24.8. The highest BCUT2D eigenvalue weighted by molar-refractivity contribution is 5.80. The Kier molecular flexibility index (Phi) is 6.53. The second kappa shape index (κ2) is 8.43. The maximum atomic E-state index is 13.5. The summed E-state index contributed by atoms with van der Waals surface area (Å²) in [5, 5.41) is 2.93. The lowest BCUT2D eigenvalue weighted by Gasteiger charge is -2.45. The van der Waals surface area contributed by atoms with Gasteiger partial charge in [-0.05, 0) is 63.9 Å². The number of nitrogens with zero attached hydrogens (tertiary/aromatic N) is 1. The molecule has 1 aliphatic carbocycles. The highest BCUT2D eigenvalue weighted by atomic mass is 19.1. The van der Waals surface area contributed by atoms with Crippen LogP contribution < -0.4 is 5.32 Å². The zero-order valence-electron chi connectivity index (χ0n) is 15.2. The Labute approximate surface area is 148 Å². The summed E-state index contributed by atoms with van der Waals surface area (Å²) in [5.74, 6) is -0.930. The summed E-state index contributed by atoms with van der Waals surface area (Å²) < 4.78 is 18.2. The summed E-state index contributed by atoms with van der Waals surface area (Å²) in [5.41, 5.74) is 0.955. The Bertz CT molecular complexity index is 610. The van der Waals surface area contributed by atoms with E-state index in [0.29, 0.717) is 0 Å². The van der Waals surface area contributed by atoms with Crippen molar-refractivity contribution in [2.24, 2.45) is 0 Å². The number of amides is 1. The Balaban J connectivity index is 1.93. The SMILES string of the molecule is CC(=O)OCC(=O)NC1CCC(Cc2cccc(F)c2)(N(C)C)CC1. The van der Waals surface area contributed by atoms with Crippen LogP contribution in [0.3, 0.4) is 0 Å². The summed E-state index contributed by atoms with van der Waals surface area (Å²) in [6, 6.07) is 6.85. The first-order valence-electron chi connectivity index (χ1n) is 8.65. The van der Waals surface area contributed by atoms with Crippen LogP contribution in [0.5, 0.6) is 0 Å². The number of carbonyl (C=O) groups excluding carboxylic acids is 2. The minimum absolute atomic E-state index is 0.0368. The number of ether oxygens (including phenoxy) is 1. The smallest absolute Gasteiger partial charge is 0.303 e. The lowest BCUT2D eigenvalue weighted by Crippen LogP contribution is -2.52. The van der Waals surface area contributed by atoms with Crippen molar-refractivity contribution in [3.05, 3.63) is 35.6 Å². The molecule has 0 aliphatic heterocycles. The molecule has 0 unspecified atom stereocenters. The highest BCUT2D eigenvalue weighted by Crippen LogP contribution is 2.35. The molecule has 25 heavy (non-hydrogen) atoms. The molecule has 0 bridgehead atoms. The summed E-state index contributed by atoms with van der Waals surface area (Å²) in [6.45, 7) is 1.06. The average Bonchev–Trinajstić information content (AvgIpc) is 2.55. The van der Waals surface area contributed by atoms with Crippen LogP contribution in [0, 0.1) is 5.82 Å². The van der Waals surface area contributed by atoms with Crippen LogP contribution >= 0.6 is 0 Å². The highest BCUT2D eigenvalue weighted by Gasteiger charge is 2.37. The second-order valence-corrected chi connectivity index (χ2v) is 7.05. The van der Waals surface area contributed by atoms with Crippen molar-refractivity contribution in [1.29, 1.82) is 0 Å². The van der Waals surface area contributed by atoms with Gasteiger partial charge in [0.2, 0.25) is 0 Å². The maximum Gasteiger partial charge on any atom is 0.303 e. The summed E-state index contributed by atoms with van der Waals surface area (Å²) in [6.07, 6.45) is 4.30. The molecule has 0 radical (unpaired) electrons. The fourth-order valence-electron chi connectivity index (χ4n) is 3.54. The molecule has 1 aromatic rings. The zero-order chi connectivity index (χ0) is 18.4. The molecule has 0 spiro atoms. The van der Waals surface area contributed by atoms with Crippen molar-refractivity contribution in [2.45, 2.75) is 50.6 Å². The normalized spacial score (nSPS) is 23.3. The Hall–Kier alpha value is -1.95. The number of likely N-dealkylation sites (N-methyl/N-ethyl adjacent to an activating group) is 1. The Morgan fingerprint density at radius 3 is 2.56 bits per heavy atom. The van der Waals surface area contributed by atoms with Crippen LogP contribution in [0.25, 0.3) is 0 Å². The van der Waals surface area contributed by atoms with Gasteiger partial charge in [-0.15, -0.1) is 0 Å². The maximum absolute atomic E-state index is 13.5. The fourth-order valence-corrected chi connectivity index (χ4v) is 3.54. The molecule has 6 heteroatoms. The van der Waals surface area contributed by atoms with Gasteiger partial charge in [0.05, 0.1) is 0 Å². The van der Waals surface area contributed by atoms with Crippen LogP contribution in [0.15, 0.2) is 24.3 Å². The van der Waals surface area contributed by atoms with Crippen LogP contribution in [-0.4, -0.2) is 49.1 Å². The van der Waals surface area contributed by atoms with E-state index in [4.69, 9.17) is 4.74 Å². The summed E-state index contributed by atoms with van der Waals surface area (Å²) >= 11 is 0. The van der Waals surface area contributed by atoms with Crippen molar-refractivity contribution in [2.75, 3.05) is 20.7 Å². The number of nitrogens with one attached hydrogen (secondary N) is 1. The van der Waals surface area contributed by atoms with Crippen LogP contribution in [0.4, 0.5) is 4.39 Å². The van der Waals surface area contributed by atoms with E-state index in [1.807, 2.05) is 6.07 Å². The lowest BCUT2D eigenvalue weighted by atomic mass is 9.75. The van der Waals surface area contributed by atoms with Gasteiger partial charge >= 0.3 is 5.97 Å². The molecule has 0 aromatic heterocycles. The number of rotatable bonds is 6. The number of hydrogen-bond donors (Lipinski definition) is 1. The minimum atomic E-state index is -0.458. The van der Waals surface area contributed by atoms with E-state index in [2.05, 4.69) is 24.3 Å². The molecule has 0 heterocycles. The first kappa shape index (κ1) is 19.4. The van der Waals surface area contributed by atoms with Gasteiger partial charge in [-0.3, -0.25) is 9.59 Å². The van der Waals surface area contributed by atoms with Crippen LogP contribution in [-0.2, 0) is 20.7 Å². The number of benzene rings is 1. The van der Waals surface area contributed by atoms with E-state index in [1.165, 1.54) is 13.0 Å². The molecule has 1 aliphatic rings. The van der Waals surface area contributed by atoms with Gasteiger partial charge in [-0.2, -0.15) is 0 Å². The van der Waals surface area contributed by atoms with E-state index in [1.54, 1.807) is 12.1 Å². The van der Waals surface area contributed by atoms with Crippen LogP contribution in [0.2, 0.25) is 0 Å². The molecule has 1 N–H and O–H groups in total. The first-order chi connectivity index (χ1) is 11.8. The minimum Gasteiger partial charge on any atom is -0.456 e. The third kappa shape index (κ3) is 5.53. The predicted molar refractivity (Wildman–Crippen MR) is 93.6 cm³/mol. The van der Waals surface area contributed by atoms with Gasteiger partial charge in [-0.25, -0.2) is 4.39 Å². The van der Waals surface area contributed by atoms with Gasteiger partial charge in [0, 0.05) is 18.5 Å². The van der Waals surface area contributed by atoms with Crippen LogP contribution in [0.1, 0.15) is 38.2 Å². The Morgan fingerprint density at radius 2 is 2.00 bits per heavy atom. The molecule has 1 amide bonds. The second-order valence-electron chi connectivity index (χ2n) is 7.05.